The number of imide groups is 1. The van der Waals surface area contributed by atoms with Crippen LogP contribution in [0.1, 0.15) is 56.6 Å². The van der Waals surface area contributed by atoms with E-state index in [1.54, 1.807) is 7.05 Å². The molecule has 0 spiro atoms. The van der Waals surface area contributed by atoms with Gasteiger partial charge < -0.3 is 14.7 Å². The number of hydrogen-bond donors (Lipinski definition) is 1. The highest BCUT2D eigenvalue weighted by Gasteiger charge is 2.48. The average molecular weight is 545 g/mol. The number of carboxylic acids is 1. The van der Waals surface area contributed by atoms with E-state index < -0.39 is 17.9 Å². The normalized spacial score (nSPS) is 23.2. The topological polar surface area (TPSA) is 120 Å². The molecule has 0 unspecified atom stereocenters. The summed E-state index contributed by atoms with van der Waals surface area (Å²) in [5.74, 6) is -1.81. The van der Waals surface area contributed by atoms with Crippen LogP contribution in [0.5, 0.6) is 5.75 Å². The summed E-state index contributed by atoms with van der Waals surface area (Å²) in [6.07, 6.45) is 2.75. The molecule has 0 radical (unpaired) electrons. The molecule has 4 amide bonds. The van der Waals surface area contributed by atoms with Gasteiger partial charge in [0.15, 0.2) is 0 Å². The molecule has 11 heteroatoms. The van der Waals surface area contributed by atoms with Gasteiger partial charge in [-0.15, -0.1) is 0 Å². The van der Waals surface area contributed by atoms with Gasteiger partial charge in [0, 0.05) is 58.0 Å². The van der Waals surface area contributed by atoms with E-state index in [1.165, 1.54) is 14.9 Å². The average Bonchev–Trinajstić information content (AvgIpc) is 3.53. The smallest absolute Gasteiger partial charge is 0.326 e. The maximum atomic E-state index is 13.3. The lowest BCUT2D eigenvalue weighted by atomic mass is 9.83. The Labute approximate surface area is 229 Å². The largest absolute Gasteiger partial charge is 0.493 e. The van der Waals surface area contributed by atoms with Gasteiger partial charge in [-0.1, -0.05) is 26.0 Å². The number of nitrogens with zero attached hydrogens (tertiary/aromatic N) is 4. The van der Waals surface area contributed by atoms with Gasteiger partial charge in [-0.25, -0.2) is 9.86 Å². The molecule has 3 aliphatic heterocycles. The van der Waals surface area contributed by atoms with Crippen LogP contribution < -0.4 is 4.74 Å². The van der Waals surface area contributed by atoms with Crippen molar-refractivity contribution in [2.75, 3.05) is 53.0 Å². The molecule has 1 N–H and O–H groups in total. The summed E-state index contributed by atoms with van der Waals surface area (Å²) in [6, 6.07) is 4.89. The SMILES string of the molecule is CCCON(CCC)C(=O)CN1C[C@H](c2ccc3c(c2)CCO3)[C@@H](C(=O)O)[C@@H]1CCN1C(=O)CCN(C)C1=O. The highest BCUT2D eigenvalue weighted by molar-refractivity contribution is 5.96. The van der Waals surface area contributed by atoms with Gasteiger partial charge >= 0.3 is 12.0 Å². The summed E-state index contributed by atoms with van der Waals surface area (Å²) in [5, 5.41) is 11.8. The molecule has 3 atom stereocenters. The Morgan fingerprint density at radius 3 is 2.69 bits per heavy atom. The third-order valence-corrected chi connectivity index (χ3v) is 7.84. The number of benzene rings is 1. The number of hydroxylamine groups is 2. The minimum Gasteiger partial charge on any atom is -0.493 e. The second-order valence-electron chi connectivity index (χ2n) is 10.6. The van der Waals surface area contributed by atoms with Gasteiger partial charge in [-0.2, -0.15) is 0 Å². The third-order valence-electron chi connectivity index (χ3n) is 7.84. The van der Waals surface area contributed by atoms with Crippen molar-refractivity contribution in [3.63, 3.8) is 0 Å². The number of aliphatic carboxylic acids is 1. The Hall–Kier alpha value is -3.18. The third kappa shape index (κ3) is 6.36. The monoisotopic (exact) mass is 544 g/mol. The van der Waals surface area contributed by atoms with E-state index in [1.807, 2.05) is 36.9 Å². The number of rotatable bonds is 12. The first-order chi connectivity index (χ1) is 18.7. The summed E-state index contributed by atoms with van der Waals surface area (Å²) < 4.78 is 5.64. The number of carboxylic acid groups (broad SMARTS) is 1. The lowest BCUT2D eigenvalue weighted by molar-refractivity contribution is -0.188. The molecule has 3 aliphatic rings. The molecule has 1 aromatic carbocycles. The number of carbonyl (C=O) groups is 4. The molecule has 3 heterocycles. The highest BCUT2D eigenvalue weighted by atomic mass is 16.7. The fourth-order valence-electron chi connectivity index (χ4n) is 5.83. The van der Waals surface area contributed by atoms with Crippen molar-refractivity contribution in [1.29, 1.82) is 0 Å². The molecule has 1 aromatic rings. The molecule has 0 bridgehead atoms. The number of amides is 4. The van der Waals surface area contributed by atoms with Gasteiger partial charge in [-0.3, -0.25) is 29.0 Å². The van der Waals surface area contributed by atoms with Crippen LogP contribution in [0.2, 0.25) is 0 Å². The van der Waals surface area contributed by atoms with E-state index in [4.69, 9.17) is 9.57 Å². The summed E-state index contributed by atoms with van der Waals surface area (Å²) in [5.41, 5.74) is 1.95. The molecule has 11 nitrogen and oxygen atoms in total. The number of urea groups is 1. The lowest BCUT2D eigenvalue weighted by Gasteiger charge is -2.34. The Balaban J connectivity index is 1.60. The highest BCUT2D eigenvalue weighted by Crippen LogP contribution is 2.41. The summed E-state index contributed by atoms with van der Waals surface area (Å²) >= 11 is 0. The number of carbonyl (C=O) groups excluding carboxylic acids is 3. The van der Waals surface area contributed by atoms with Crippen LogP contribution in [0.25, 0.3) is 0 Å². The Bertz CT molecular complexity index is 1080. The van der Waals surface area contributed by atoms with Gasteiger partial charge in [0.1, 0.15) is 5.75 Å². The predicted octanol–water partition coefficient (Wildman–Crippen LogP) is 2.34. The maximum Gasteiger partial charge on any atom is 0.326 e. The van der Waals surface area contributed by atoms with Crippen LogP contribution in [0.4, 0.5) is 4.79 Å². The van der Waals surface area contributed by atoms with E-state index in [0.717, 1.165) is 36.1 Å². The Morgan fingerprint density at radius 1 is 1.18 bits per heavy atom. The van der Waals surface area contributed by atoms with Gasteiger partial charge in [0.05, 0.1) is 25.7 Å². The zero-order valence-electron chi connectivity index (χ0n) is 23.1. The molecule has 39 heavy (non-hydrogen) atoms. The molecule has 0 saturated carbocycles. The van der Waals surface area contributed by atoms with E-state index in [0.29, 0.717) is 32.8 Å². The molecule has 4 rings (SSSR count). The Morgan fingerprint density at radius 2 is 1.97 bits per heavy atom. The van der Waals surface area contributed by atoms with E-state index in [9.17, 15) is 24.3 Å². The van der Waals surface area contributed by atoms with Crippen LogP contribution in [-0.4, -0.2) is 108 Å². The number of ether oxygens (including phenoxy) is 1. The van der Waals surface area contributed by atoms with Gasteiger partial charge in [0.2, 0.25) is 5.91 Å². The number of fused-ring (bicyclic) bond motifs is 1. The van der Waals surface area contributed by atoms with Crippen molar-refractivity contribution < 1.29 is 33.9 Å². The van der Waals surface area contributed by atoms with Gasteiger partial charge in [0.25, 0.3) is 5.91 Å². The fraction of sp³-hybridized carbons (Fsp3) is 0.643. The molecule has 0 aliphatic carbocycles. The van der Waals surface area contributed by atoms with E-state index in [-0.39, 0.29) is 49.7 Å². The van der Waals surface area contributed by atoms with Crippen molar-refractivity contribution in [2.45, 2.75) is 57.9 Å². The first-order valence-corrected chi connectivity index (χ1v) is 14.0. The van der Waals surface area contributed by atoms with Crippen LogP contribution in [-0.2, 0) is 25.6 Å². The first-order valence-electron chi connectivity index (χ1n) is 14.0. The van der Waals surface area contributed by atoms with Crippen LogP contribution in [0, 0.1) is 5.92 Å². The molecular formula is C28H40N4O7. The maximum absolute atomic E-state index is 13.3. The molecule has 0 aromatic heterocycles. The van der Waals surface area contributed by atoms with Crippen LogP contribution >= 0.6 is 0 Å². The predicted molar refractivity (Wildman–Crippen MR) is 142 cm³/mol. The van der Waals surface area contributed by atoms with E-state index >= 15 is 0 Å². The second-order valence-corrected chi connectivity index (χ2v) is 10.6. The molecule has 2 fully saturated rings. The van der Waals surface area contributed by atoms with Crippen molar-refractivity contribution in [3.05, 3.63) is 29.3 Å². The summed E-state index contributed by atoms with van der Waals surface area (Å²) in [7, 11) is 1.65. The lowest BCUT2D eigenvalue weighted by Crippen LogP contribution is -2.52. The second kappa shape index (κ2) is 12.8. The quantitative estimate of drug-likeness (QED) is 0.398. The number of hydrogen-bond acceptors (Lipinski definition) is 7. The van der Waals surface area contributed by atoms with Gasteiger partial charge in [-0.05, 0) is 36.5 Å². The standard InChI is InChI=1S/C28H40N4O7/c1-4-11-32(39-14-5-2)25(34)18-30-17-21(19-6-7-23-20(16-19)10-15-38-23)26(27(35)36)22(30)8-13-31-24(33)9-12-29(3)28(31)37/h6-7,16,21-22,26H,4-5,8-15,17-18H2,1-3H3,(H,35,36)/t21-,22+,26-/m1/s1. The minimum atomic E-state index is -0.960. The zero-order valence-corrected chi connectivity index (χ0v) is 23.1. The van der Waals surface area contributed by atoms with Crippen molar-refractivity contribution >= 4 is 23.8 Å². The number of likely N-dealkylation sites (tertiary alicyclic amines) is 1. The summed E-state index contributed by atoms with van der Waals surface area (Å²) in [4.78, 5) is 61.6. The summed E-state index contributed by atoms with van der Waals surface area (Å²) in [6.45, 7) is 6.21. The first kappa shape index (κ1) is 28.8. The van der Waals surface area contributed by atoms with Crippen molar-refractivity contribution in [2.24, 2.45) is 5.92 Å². The molecule has 2 saturated heterocycles. The Kier molecular flexibility index (Phi) is 9.45. The van der Waals surface area contributed by atoms with Crippen molar-refractivity contribution in [1.82, 2.24) is 19.8 Å². The zero-order chi connectivity index (χ0) is 28.1. The van der Waals surface area contributed by atoms with Crippen molar-refractivity contribution in [3.8, 4) is 5.75 Å². The van der Waals surface area contributed by atoms with Crippen LogP contribution in [0.15, 0.2) is 18.2 Å². The van der Waals surface area contributed by atoms with E-state index in [2.05, 4.69) is 0 Å². The fourth-order valence-corrected chi connectivity index (χ4v) is 5.83. The van der Waals surface area contributed by atoms with Crippen LogP contribution in [0.3, 0.4) is 0 Å². The molecule has 214 valence electrons. The molecular weight excluding hydrogens is 504 g/mol. The minimum absolute atomic E-state index is 0.00942.